The molecule has 4 fully saturated rings. The maximum absolute atomic E-state index is 12.6. The molecule has 0 aliphatic heterocycles. The minimum Gasteiger partial charge on any atom is -0.507 e. The average molecular weight is 331 g/mol. The minimum atomic E-state index is -0.569. The van der Waals surface area contributed by atoms with Crippen molar-refractivity contribution in [1.82, 2.24) is 5.32 Å². The molecule has 5 nitrogen and oxygen atoms in total. The summed E-state index contributed by atoms with van der Waals surface area (Å²) in [7, 11) is 0. The van der Waals surface area contributed by atoms with Crippen LogP contribution in [0.15, 0.2) is 18.2 Å². The molecular formula is C19H25NO4. The van der Waals surface area contributed by atoms with Crippen molar-refractivity contribution in [3.05, 3.63) is 23.8 Å². The number of phenolic OH excluding ortho intramolecular Hbond substituents is 2. The van der Waals surface area contributed by atoms with Gasteiger partial charge in [0.25, 0.3) is 5.91 Å². The molecule has 5 heteroatoms. The van der Waals surface area contributed by atoms with Crippen molar-refractivity contribution >= 4 is 5.91 Å². The zero-order chi connectivity index (χ0) is 17.1. The van der Waals surface area contributed by atoms with E-state index in [1.54, 1.807) is 0 Å². The molecule has 0 saturated heterocycles. The van der Waals surface area contributed by atoms with E-state index in [1.807, 2.05) is 6.92 Å². The van der Waals surface area contributed by atoms with E-state index in [-0.39, 0.29) is 28.5 Å². The van der Waals surface area contributed by atoms with E-state index in [2.05, 4.69) is 5.32 Å². The van der Waals surface area contributed by atoms with Gasteiger partial charge < -0.3 is 20.6 Å². The predicted molar refractivity (Wildman–Crippen MR) is 88.8 cm³/mol. The number of benzene rings is 1. The van der Waals surface area contributed by atoms with Crippen LogP contribution in [0.5, 0.6) is 11.5 Å². The Morgan fingerprint density at radius 1 is 1.17 bits per heavy atom. The molecule has 4 aliphatic carbocycles. The second-order valence-corrected chi connectivity index (χ2v) is 8.41. The van der Waals surface area contributed by atoms with Gasteiger partial charge in [-0.15, -0.1) is 0 Å². The maximum atomic E-state index is 12.6. The molecule has 0 radical (unpaired) electrons. The summed E-state index contributed by atoms with van der Waals surface area (Å²) >= 11 is 0. The van der Waals surface area contributed by atoms with Gasteiger partial charge in [-0.2, -0.15) is 0 Å². The third kappa shape index (κ3) is 2.37. The van der Waals surface area contributed by atoms with Crippen LogP contribution in [0.4, 0.5) is 0 Å². The van der Waals surface area contributed by atoms with E-state index < -0.39 is 11.5 Å². The Hall–Kier alpha value is -1.75. The molecule has 0 unspecified atom stereocenters. The summed E-state index contributed by atoms with van der Waals surface area (Å²) in [5, 5.41) is 33.6. The topological polar surface area (TPSA) is 89.8 Å². The SMILES string of the molecule is C[C@@H](NC(=O)c1c(O)cccc1O)C12C[C@H]3C[C@@H](CC(O)(C3)C1)C2. The van der Waals surface area contributed by atoms with Gasteiger partial charge in [0.1, 0.15) is 17.1 Å². The summed E-state index contributed by atoms with van der Waals surface area (Å²) in [4.78, 5) is 12.6. The van der Waals surface area contributed by atoms with Crippen LogP contribution in [-0.2, 0) is 0 Å². The van der Waals surface area contributed by atoms with Crippen LogP contribution in [0.2, 0.25) is 0 Å². The highest BCUT2D eigenvalue weighted by molar-refractivity contribution is 5.99. The van der Waals surface area contributed by atoms with Gasteiger partial charge in [0, 0.05) is 6.04 Å². The fraction of sp³-hybridized carbons (Fsp3) is 0.632. The smallest absolute Gasteiger partial charge is 0.259 e. The fourth-order valence-electron chi connectivity index (χ4n) is 5.97. The number of nitrogens with one attached hydrogen (secondary N) is 1. The number of aromatic hydroxyl groups is 2. The van der Waals surface area contributed by atoms with Gasteiger partial charge in [-0.05, 0) is 74.8 Å². The van der Waals surface area contributed by atoms with Crippen molar-refractivity contribution in [2.24, 2.45) is 17.3 Å². The van der Waals surface area contributed by atoms with Gasteiger partial charge in [0.05, 0.1) is 5.60 Å². The molecule has 0 heterocycles. The molecule has 0 spiro atoms. The molecule has 0 aromatic heterocycles. The van der Waals surface area contributed by atoms with Gasteiger partial charge in [0.15, 0.2) is 0 Å². The first kappa shape index (κ1) is 15.8. The van der Waals surface area contributed by atoms with E-state index in [0.29, 0.717) is 11.8 Å². The lowest BCUT2D eigenvalue weighted by atomic mass is 9.46. The summed E-state index contributed by atoms with van der Waals surface area (Å²) in [6.45, 7) is 1.99. The lowest BCUT2D eigenvalue weighted by Crippen LogP contribution is -2.61. The van der Waals surface area contributed by atoms with E-state index in [9.17, 15) is 20.1 Å². The predicted octanol–water partition coefficient (Wildman–Crippen LogP) is 2.55. The van der Waals surface area contributed by atoms with Crippen LogP contribution < -0.4 is 5.32 Å². The van der Waals surface area contributed by atoms with Crippen molar-refractivity contribution in [3.8, 4) is 11.5 Å². The molecule has 4 saturated carbocycles. The normalized spacial score (nSPS) is 38.1. The van der Waals surface area contributed by atoms with E-state index in [4.69, 9.17) is 0 Å². The minimum absolute atomic E-state index is 0.0749. The van der Waals surface area contributed by atoms with Crippen molar-refractivity contribution in [1.29, 1.82) is 0 Å². The Balaban J connectivity index is 1.56. The van der Waals surface area contributed by atoms with E-state index in [1.165, 1.54) is 24.6 Å². The molecule has 1 aromatic rings. The molecule has 1 amide bonds. The number of carbonyl (C=O) groups is 1. The summed E-state index contributed by atoms with van der Waals surface area (Å²) in [6, 6.07) is 4.18. The molecular weight excluding hydrogens is 306 g/mol. The lowest BCUT2D eigenvalue weighted by Gasteiger charge is -2.62. The second kappa shape index (κ2) is 5.12. The third-order valence-corrected chi connectivity index (χ3v) is 6.59. The van der Waals surface area contributed by atoms with Crippen LogP contribution in [0.25, 0.3) is 0 Å². The number of rotatable bonds is 3. The highest BCUT2D eigenvalue weighted by atomic mass is 16.3. The van der Waals surface area contributed by atoms with Crippen molar-refractivity contribution < 1.29 is 20.1 Å². The van der Waals surface area contributed by atoms with E-state index in [0.717, 1.165) is 32.1 Å². The molecule has 24 heavy (non-hydrogen) atoms. The quantitative estimate of drug-likeness (QED) is 0.685. The van der Waals surface area contributed by atoms with Crippen LogP contribution in [0.3, 0.4) is 0 Å². The van der Waals surface area contributed by atoms with Gasteiger partial charge in [-0.25, -0.2) is 0 Å². The summed E-state index contributed by atoms with van der Waals surface area (Å²) < 4.78 is 0. The largest absolute Gasteiger partial charge is 0.507 e. The van der Waals surface area contributed by atoms with Crippen molar-refractivity contribution in [2.75, 3.05) is 0 Å². The van der Waals surface area contributed by atoms with Gasteiger partial charge in [-0.1, -0.05) is 6.07 Å². The first-order valence-corrected chi connectivity index (χ1v) is 8.84. The zero-order valence-corrected chi connectivity index (χ0v) is 14.0. The van der Waals surface area contributed by atoms with Gasteiger partial charge in [0.2, 0.25) is 0 Å². The van der Waals surface area contributed by atoms with Crippen LogP contribution in [-0.4, -0.2) is 32.9 Å². The number of aliphatic hydroxyl groups is 1. The lowest BCUT2D eigenvalue weighted by molar-refractivity contribution is -0.171. The number of phenols is 2. The van der Waals surface area contributed by atoms with Crippen molar-refractivity contribution in [3.63, 3.8) is 0 Å². The molecule has 4 bridgehead atoms. The van der Waals surface area contributed by atoms with Crippen LogP contribution >= 0.6 is 0 Å². The molecule has 130 valence electrons. The summed E-state index contributed by atoms with van der Waals surface area (Å²) in [5.74, 6) is 0.205. The molecule has 5 rings (SSSR count). The fourth-order valence-corrected chi connectivity index (χ4v) is 5.97. The second-order valence-electron chi connectivity index (χ2n) is 8.41. The van der Waals surface area contributed by atoms with Crippen LogP contribution in [0.1, 0.15) is 55.8 Å². The monoisotopic (exact) mass is 331 g/mol. The number of hydrogen-bond acceptors (Lipinski definition) is 4. The molecule has 3 atom stereocenters. The molecule has 4 N–H and O–H groups in total. The van der Waals surface area contributed by atoms with E-state index >= 15 is 0 Å². The third-order valence-electron chi connectivity index (χ3n) is 6.59. The Labute approximate surface area is 141 Å². The highest BCUT2D eigenvalue weighted by Gasteiger charge is 2.59. The Morgan fingerprint density at radius 3 is 2.29 bits per heavy atom. The van der Waals surface area contributed by atoms with Gasteiger partial charge >= 0.3 is 0 Å². The highest BCUT2D eigenvalue weighted by Crippen LogP contribution is 2.62. The summed E-state index contributed by atoms with van der Waals surface area (Å²) in [6.07, 6.45) is 5.81. The number of carbonyl (C=O) groups excluding carboxylic acids is 1. The Morgan fingerprint density at radius 2 is 1.75 bits per heavy atom. The number of amides is 1. The maximum Gasteiger partial charge on any atom is 0.259 e. The van der Waals surface area contributed by atoms with Gasteiger partial charge in [-0.3, -0.25) is 4.79 Å². The molecule has 4 aliphatic rings. The standard InChI is InChI=1S/C19H25NO4/c1-11(20-17(23)16-14(21)3-2-4-15(16)22)18-6-12-5-13(7-18)9-19(24,8-12)10-18/h2-4,11-13,21-22,24H,5-10H2,1H3,(H,20,23)/t11-,12-,13-,18?,19?/m1/s1. The average Bonchev–Trinajstić information content (AvgIpc) is 2.44. The number of hydrogen-bond donors (Lipinski definition) is 4. The first-order chi connectivity index (χ1) is 11.3. The zero-order valence-electron chi connectivity index (χ0n) is 14.0. The van der Waals surface area contributed by atoms with Crippen molar-refractivity contribution in [2.45, 2.75) is 57.1 Å². The molecule has 1 aromatic carbocycles. The Kier molecular flexibility index (Phi) is 3.36. The van der Waals surface area contributed by atoms with Crippen LogP contribution in [0, 0.1) is 17.3 Å². The Bertz CT molecular complexity index is 652. The summed E-state index contributed by atoms with van der Waals surface area (Å²) in [5.41, 5.74) is -0.720. The first-order valence-electron chi connectivity index (χ1n) is 8.84.